The Balaban J connectivity index is 1.51. The van der Waals surface area contributed by atoms with Gasteiger partial charge in [-0.15, -0.1) is 0 Å². The second-order valence-corrected chi connectivity index (χ2v) is 8.87. The number of aryl methyl sites for hydroxylation is 1. The first-order valence-corrected chi connectivity index (χ1v) is 12.2. The number of carbonyl (C=O) groups is 1. The topological polar surface area (TPSA) is 88.1 Å². The number of halogens is 1. The number of nitrogens with zero attached hydrogens (tertiary/aromatic N) is 2. The normalized spacial score (nSPS) is 15.0. The average molecular weight is 496 g/mol. The summed E-state index contributed by atoms with van der Waals surface area (Å²) in [5.74, 6) is -0.160. The Morgan fingerprint density at radius 3 is 2.54 bits per heavy atom. The number of hydrogen-bond acceptors (Lipinski definition) is 5. The number of unbranched alkanes of at least 4 members (excludes halogenated alkanes) is 1. The van der Waals surface area contributed by atoms with E-state index in [2.05, 4.69) is 17.1 Å². The summed E-state index contributed by atoms with van der Waals surface area (Å²) in [7, 11) is 0. The molecule has 7 heteroatoms. The fraction of sp³-hybridized carbons (Fsp3) is 0.167. The van der Waals surface area contributed by atoms with Gasteiger partial charge in [0.25, 0.3) is 0 Å². The second-order valence-electron chi connectivity index (χ2n) is 8.87. The number of cyclic esters (lactones) is 1. The molecule has 6 nitrogen and oxygen atoms in total. The molecule has 0 amide bonds. The minimum atomic E-state index is -0.602. The Morgan fingerprint density at radius 2 is 1.81 bits per heavy atom. The molecule has 3 aromatic carbocycles. The van der Waals surface area contributed by atoms with Crippen molar-refractivity contribution in [2.45, 2.75) is 32.1 Å². The van der Waals surface area contributed by atoms with E-state index in [1.54, 1.807) is 18.2 Å². The van der Waals surface area contributed by atoms with Crippen LogP contribution < -0.4 is 0 Å². The molecule has 186 valence electrons. The van der Waals surface area contributed by atoms with Crippen molar-refractivity contribution in [3.63, 3.8) is 0 Å². The van der Waals surface area contributed by atoms with Crippen LogP contribution in [0, 0.1) is 5.82 Å². The zero-order chi connectivity index (χ0) is 25.8. The van der Waals surface area contributed by atoms with Crippen molar-refractivity contribution in [1.82, 2.24) is 15.2 Å². The summed E-state index contributed by atoms with van der Waals surface area (Å²) in [6.07, 6.45) is 5.51. The molecule has 5 rings (SSSR count). The van der Waals surface area contributed by atoms with Gasteiger partial charge in [-0.3, -0.25) is 5.10 Å². The van der Waals surface area contributed by atoms with Crippen LogP contribution >= 0.6 is 0 Å². The molecule has 4 aromatic rings. The molecule has 37 heavy (non-hydrogen) atoms. The molecule has 0 saturated heterocycles. The Kier molecular flexibility index (Phi) is 6.94. The molecule has 1 aromatic heterocycles. The third kappa shape index (κ3) is 5.21. The monoisotopic (exact) mass is 495 g/mol. The van der Waals surface area contributed by atoms with E-state index in [4.69, 9.17) is 9.72 Å². The molecule has 1 aliphatic heterocycles. The van der Waals surface area contributed by atoms with Gasteiger partial charge in [0.15, 0.2) is 17.3 Å². The summed E-state index contributed by atoms with van der Waals surface area (Å²) in [4.78, 5) is 16.2. The maximum absolute atomic E-state index is 14.9. The van der Waals surface area contributed by atoms with E-state index >= 15 is 0 Å². The number of carbonyl (C=O) groups excluding carboxylic acids is 1. The number of nitrogens with one attached hydrogen (secondary N) is 1. The Labute approximate surface area is 214 Å². The first-order valence-electron chi connectivity index (χ1n) is 12.2. The van der Waals surface area contributed by atoms with Crippen molar-refractivity contribution >= 4 is 12.0 Å². The van der Waals surface area contributed by atoms with Crippen LogP contribution in [0.4, 0.5) is 4.39 Å². The molecule has 0 radical (unpaired) electrons. The summed E-state index contributed by atoms with van der Waals surface area (Å²) in [5.41, 5.74) is 3.94. The van der Waals surface area contributed by atoms with Crippen LogP contribution in [0.15, 0.2) is 90.4 Å². The van der Waals surface area contributed by atoms with Gasteiger partial charge in [-0.2, -0.15) is 5.10 Å². The molecular formula is C30H26FN3O3. The van der Waals surface area contributed by atoms with Crippen molar-refractivity contribution < 1.29 is 19.0 Å². The third-order valence-corrected chi connectivity index (χ3v) is 6.31. The fourth-order valence-electron chi connectivity index (χ4n) is 4.43. The lowest BCUT2D eigenvalue weighted by Gasteiger charge is -2.16. The number of aliphatic hydroxyl groups excluding tert-OH is 1. The molecule has 0 spiro atoms. The Morgan fingerprint density at radius 1 is 1.05 bits per heavy atom. The largest absolute Gasteiger partial charge is 0.504 e. The van der Waals surface area contributed by atoms with Crippen LogP contribution in [0.3, 0.4) is 0 Å². The number of aromatic nitrogens is 3. The van der Waals surface area contributed by atoms with Crippen molar-refractivity contribution in [3.05, 3.63) is 125 Å². The lowest BCUT2D eigenvalue weighted by atomic mass is 9.88. The fourth-order valence-corrected chi connectivity index (χ4v) is 4.43. The van der Waals surface area contributed by atoms with Gasteiger partial charge >= 0.3 is 5.97 Å². The van der Waals surface area contributed by atoms with Gasteiger partial charge in [0.1, 0.15) is 11.6 Å². The number of aromatic amines is 1. The first-order chi connectivity index (χ1) is 18.0. The minimum Gasteiger partial charge on any atom is -0.504 e. The zero-order valence-corrected chi connectivity index (χ0v) is 20.3. The van der Waals surface area contributed by atoms with E-state index in [1.165, 1.54) is 6.07 Å². The molecular weight excluding hydrogens is 469 g/mol. The lowest BCUT2D eigenvalue weighted by molar-refractivity contribution is -0.132. The van der Waals surface area contributed by atoms with Crippen molar-refractivity contribution in [3.8, 4) is 11.1 Å². The quantitative estimate of drug-likeness (QED) is 0.273. The summed E-state index contributed by atoms with van der Waals surface area (Å²) in [6, 6.07) is 22.1. The van der Waals surface area contributed by atoms with Crippen LogP contribution in [0.25, 0.3) is 17.2 Å². The molecule has 2 N–H and O–H groups in total. The molecule has 1 aliphatic rings. The van der Waals surface area contributed by atoms with E-state index < -0.39 is 11.9 Å². The van der Waals surface area contributed by atoms with Gasteiger partial charge in [0.2, 0.25) is 0 Å². The standard InChI is InChI=1S/C30H26FN3O3/c1-2-3-12-27-32-30(34-33-27)29(23-10-6-7-11-24(23)31)20-15-13-19(14-16-20)22-9-5-4-8-21(22)17-26-25(35)18-28(36)37-26/h4-11,13-18,29,35H,2-3,12H2,1H3,(H,32,33,34)/b26-17-. The minimum absolute atomic E-state index is 0.108. The highest BCUT2D eigenvalue weighted by Crippen LogP contribution is 2.34. The van der Waals surface area contributed by atoms with E-state index in [0.717, 1.165) is 53.4 Å². The van der Waals surface area contributed by atoms with Gasteiger partial charge < -0.3 is 9.84 Å². The van der Waals surface area contributed by atoms with Crippen LogP contribution in [-0.4, -0.2) is 26.3 Å². The number of ether oxygens (including phenoxy) is 1. The van der Waals surface area contributed by atoms with Gasteiger partial charge in [0, 0.05) is 12.0 Å². The zero-order valence-electron chi connectivity index (χ0n) is 20.3. The van der Waals surface area contributed by atoms with Crippen LogP contribution in [-0.2, 0) is 16.0 Å². The number of benzene rings is 3. The van der Waals surface area contributed by atoms with Gasteiger partial charge in [-0.05, 0) is 40.8 Å². The number of hydrogen-bond donors (Lipinski definition) is 2. The molecule has 0 saturated carbocycles. The van der Waals surface area contributed by atoms with Gasteiger partial charge in [-0.1, -0.05) is 80.1 Å². The summed E-state index contributed by atoms with van der Waals surface area (Å²) < 4.78 is 20.0. The molecule has 0 fully saturated rings. The average Bonchev–Trinajstić information content (AvgIpc) is 3.50. The number of rotatable bonds is 8. The van der Waals surface area contributed by atoms with E-state index in [-0.39, 0.29) is 17.3 Å². The van der Waals surface area contributed by atoms with Crippen LogP contribution in [0.2, 0.25) is 0 Å². The molecule has 0 aliphatic carbocycles. The smallest absolute Gasteiger partial charge is 0.340 e. The lowest BCUT2D eigenvalue weighted by Crippen LogP contribution is -2.08. The molecule has 2 heterocycles. The first kappa shape index (κ1) is 24.2. The summed E-state index contributed by atoms with van der Waals surface area (Å²) in [5, 5.41) is 17.4. The van der Waals surface area contributed by atoms with Crippen molar-refractivity contribution in [2.75, 3.05) is 0 Å². The summed E-state index contributed by atoms with van der Waals surface area (Å²) in [6.45, 7) is 2.12. The van der Waals surface area contributed by atoms with Crippen molar-refractivity contribution in [2.24, 2.45) is 0 Å². The number of H-pyrrole nitrogens is 1. The predicted molar refractivity (Wildman–Crippen MR) is 139 cm³/mol. The van der Waals surface area contributed by atoms with E-state index in [1.807, 2.05) is 54.6 Å². The van der Waals surface area contributed by atoms with E-state index in [0.29, 0.717) is 11.4 Å². The third-order valence-electron chi connectivity index (χ3n) is 6.31. The maximum Gasteiger partial charge on any atom is 0.340 e. The highest BCUT2D eigenvalue weighted by atomic mass is 19.1. The second kappa shape index (κ2) is 10.6. The van der Waals surface area contributed by atoms with Gasteiger partial charge in [-0.25, -0.2) is 14.2 Å². The summed E-state index contributed by atoms with van der Waals surface area (Å²) >= 11 is 0. The van der Waals surface area contributed by atoms with Crippen molar-refractivity contribution in [1.29, 1.82) is 0 Å². The van der Waals surface area contributed by atoms with Crippen LogP contribution in [0.5, 0.6) is 0 Å². The molecule has 0 bridgehead atoms. The highest BCUT2D eigenvalue weighted by Gasteiger charge is 2.24. The molecule has 1 atom stereocenters. The highest BCUT2D eigenvalue weighted by molar-refractivity contribution is 5.89. The van der Waals surface area contributed by atoms with Gasteiger partial charge in [0.05, 0.1) is 12.0 Å². The number of esters is 1. The molecule has 1 unspecified atom stereocenters. The Hall–Kier alpha value is -4.52. The van der Waals surface area contributed by atoms with E-state index in [9.17, 15) is 14.3 Å². The number of aliphatic hydroxyl groups is 1. The SMILES string of the molecule is CCCCc1nc(C(c2ccc(-c3ccccc3/C=C3\OC(=O)C=C3O)cc2)c2ccccc2F)n[nH]1. The Bertz CT molecular complexity index is 1490. The van der Waals surface area contributed by atoms with Crippen LogP contribution in [0.1, 0.15) is 54.0 Å². The maximum atomic E-state index is 14.9. The predicted octanol–water partition coefficient (Wildman–Crippen LogP) is 6.47.